The molecule has 0 saturated carbocycles. The maximum atomic E-state index is 13.7. The number of benzene rings is 1. The largest absolute Gasteiger partial charge is 0.489 e. The van der Waals surface area contributed by atoms with Gasteiger partial charge in [-0.15, -0.1) is 0 Å². The third-order valence-corrected chi connectivity index (χ3v) is 3.08. The Labute approximate surface area is 109 Å². The van der Waals surface area contributed by atoms with Gasteiger partial charge in [-0.2, -0.15) is 0 Å². The van der Waals surface area contributed by atoms with E-state index in [0.29, 0.717) is 18.8 Å². The number of halogens is 2. The van der Waals surface area contributed by atoms with Crippen molar-refractivity contribution in [3.05, 3.63) is 22.5 Å². The summed E-state index contributed by atoms with van der Waals surface area (Å²) >= 11 is 5.74. The molecule has 2 rings (SSSR count). The summed E-state index contributed by atoms with van der Waals surface area (Å²) in [5.41, 5.74) is 0.0604. The molecule has 1 aromatic rings. The number of carbonyl (C=O) groups is 1. The second kappa shape index (κ2) is 5.02. The average molecular weight is 274 g/mol. The number of nitrogens with zero attached hydrogens (tertiary/aromatic N) is 1. The van der Waals surface area contributed by atoms with Crippen molar-refractivity contribution < 1.29 is 19.0 Å². The minimum absolute atomic E-state index is 0.0732. The summed E-state index contributed by atoms with van der Waals surface area (Å²) in [5, 5.41) is 8.87. The lowest BCUT2D eigenvalue weighted by atomic mass is 10.1. The van der Waals surface area contributed by atoms with Gasteiger partial charge in [0.15, 0.2) is 11.6 Å². The predicted molar refractivity (Wildman–Crippen MR) is 66.4 cm³/mol. The van der Waals surface area contributed by atoms with Crippen LogP contribution in [0, 0.1) is 5.82 Å². The van der Waals surface area contributed by atoms with Crippen LogP contribution in [0.1, 0.15) is 23.7 Å². The molecule has 98 valence electrons. The Morgan fingerprint density at radius 2 is 2.39 bits per heavy atom. The highest BCUT2D eigenvalue weighted by Gasteiger charge is 2.28. The maximum absolute atomic E-state index is 13.7. The van der Waals surface area contributed by atoms with Crippen LogP contribution in [0.3, 0.4) is 0 Å². The molecule has 0 amide bonds. The predicted octanol–water partition coefficient (Wildman–Crippen LogP) is 2.79. The fourth-order valence-electron chi connectivity index (χ4n) is 2.05. The number of fused-ring (bicyclic) bond motifs is 1. The molecule has 1 aliphatic heterocycles. The first-order chi connectivity index (χ1) is 8.56. The van der Waals surface area contributed by atoms with Crippen molar-refractivity contribution in [2.24, 2.45) is 0 Å². The summed E-state index contributed by atoms with van der Waals surface area (Å²) < 4.78 is 19.0. The van der Waals surface area contributed by atoms with Crippen LogP contribution in [0.15, 0.2) is 6.07 Å². The zero-order valence-corrected chi connectivity index (χ0v) is 10.6. The smallest absolute Gasteiger partial charge is 0.342 e. The molecule has 6 heteroatoms. The van der Waals surface area contributed by atoms with E-state index in [1.165, 1.54) is 6.07 Å². The van der Waals surface area contributed by atoms with Gasteiger partial charge in [0.1, 0.15) is 12.2 Å². The number of rotatable bonds is 3. The number of hydrogen-bond acceptors (Lipinski definition) is 3. The Kier molecular flexibility index (Phi) is 3.61. The van der Waals surface area contributed by atoms with Gasteiger partial charge in [-0.3, -0.25) is 0 Å². The topological polar surface area (TPSA) is 49.8 Å². The molecule has 0 spiro atoms. The molecule has 0 unspecified atom stereocenters. The minimum atomic E-state index is -1.37. The van der Waals surface area contributed by atoms with Crippen molar-refractivity contribution in [2.75, 3.05) is 24.6 Å². The molecule has 4 nitrogen and oxygen atoms in total. The van der Waals surface area contributed by atoms with E-state index in [9.17, 15) is 9.18 Å². The Morgan fingerprint density at radius 3 is 3.00 bits per heavy atom. The Morgan fingerprint density at radius 1 is 1.67 bits per heavy atom. The second-order valence-electron chi connectivity index (χ2n) is 4.04. The standard InChI is InChI=1S/C12H13ClFNO3/c1-2-3-15-4-5-18-11-8(15)6-7(13)10(14)9(11)12(16)17/h6H,2-5H2,1H3,(H,16,17). The zero-order chi connectivity index (χ0) is 13.3. The van der Waals surface area contributed by atoms with Crippen molar-refractivity contribution >= 4 is 23.3 Å². The van der Waals surface area contributed by atoms with Crippen LogP contribution in [-0.2, 0) is 0 Å². The van der Waals surface area contributed by atoms with Gasteiger partial charge >= 0.3 is 5.97 Å². The number of ether oxygens (including phenoxy) is 1. The normalized spacial score (nSPS) is 14.1. The fraction of sp³-hybridized carbons (Fsp3) is 0.417. The summed E-state index contributed by atoms with van der Waals surface area (Å²) in [6.07, 6.45) is 0.900. The number of aromatic carboxylic acids is 1. The molecule has 0 fully saturated rings. The van der Waals surface area contributed by atoms with Crippen LogP contribution in [0.25, 0.3) is 0 Å². The average Bonchev–Trinajstić information content (AvgIpc) is 2.31. The Balaban J connectivity index is 2.59. The lowest BCUT2D eigenvalue weighted by Gasteiger charge is -2.32. The van der Waals surface area contributed by atoms with Crippen molar-refractivity contribution in [1.82, 2.24) is 0 Å². The van der Waals surface area contributed by atoms with E-state index in [2.05, 4.69) is 0 Å². The lowest BCUT2D eigenvalue weighted by Crippen LogP contribution is -2.34. The van der Waals surface area contributed by atoms with E-state index in [1.807, 2.05) is 11.8 Å². The summed E-state index contributed by atoms with van der Waals surface area (Å²) in [5.74, 6) is -2.24. The summed E-state index contributed by atoms with van der Waals surface area (Å²) in [4.78, 5) is 13.1. The van der Waals surface area contributed by atoms with Gasteiger partial charge < -0.3 is 14.7 Å². The first-order valence-corrected chi connectivity index (χ1v) is 6.07. The molecule has 1 N–H and O–H groups in total. The monoisotopic (exact) mass is 273 g/mol. The third kappa shape index (κ3) is 2.10. The van der Waals surface area contributed by atoms with Crippen LogP contribution >= 0.6 is 11.6 Å². The molecular formula is C12H13ClFNO3. The zero-order valence-electron chi connectivity index (χ0n) is 9.87. The number of anilines is 1. The number of carboxylic acids is 1. The van der Waals surface area contributed by atoms with Gasteiger partial charge in [0.2, 0.25) is 0 Å². The molecule has 1 aromatic carbocycles. The fourth-order valence-corrected chi connectivity index (χ4v) is 2.25. The van der Waals surface area contributed by atoms with Crippen molar-refractivity contribution in [3.63, 3.8) is 0 Å². The maximum Gasteiger partial charge on any atom is 0.342 e. The van der Waals surface area contributed by atoms with Crippen LogP contribution in [0.2, 0.25) is 5.02 Å². The third-order valence-electron chi connectivity index (χ3n) is 2.81. The minimum Gasteiger partial charge on any atom is -0.489 e. The number of hydrogen-bond donors (Lipinski definition) is 1. The van der Waals surface area contributed by atoms with E-state index in [4.69, 9.17) is 21.4 Å². The first kappa shape index (κ1) is 13.0. The van der Waals surface area contributed by atoms with E-state index in [-0.39, 0.29) is 10.8 Å². The lowest BCUT2D eigenvalue weighted by molar-refractivity contribution is 0.0686. The molecule has 1 aliphatic rings. The molecular weight excluding hydrogens is 261 g/mol. The summed E-state index contributed by atoms with van der Waals surface area (Å²) in [6, 6.07) is 1.42. The molecule has 0 aromatic heterocycles. The van der Waals surface area contributed by atoms with E-state index in [1.54, 1.807) is 0 Å². The summed E-state index contributed by atoms with van der Waals surface area (Å²) in [6.45, 7) is 3.74. The molecule has 0 radical (unpaired) electrons. The van der Waals surface area contributed by atoms with Crippen LogP contribution in [-0.4, -0.2) is 30.8 Å². The molecule has 1 heterocycles. The highest BCUT2D eigenvalue weighted by molar-refractivity contribution is 6.31. The van der Waals surface area contributed by atoms with Gasteiger partial charge in [-0.05, 0) is 12.5 Å². The van der Waals surface area contributed by atoms with Gasteiger partial charge in [0.05, 0.1) is 17.3 Å². The van der Waals surface area contributed by atoms with Crippen LogP contribution in [0.5, 0.6) is 5.75 Å². The first-order valence-electron chi connectivity index (χ1n) is 5.69. The molecule has 0 atom stereocenters. The number of carboxylic acid groups (broad SMARTS) is 1. The van der Waals surface area contributed by atoms with Crippen LogP contribution < -0.4 is 9.64 Å². The quantitative estimate of drug-likeness (QED) is 0.920. The van der Waals surface area contributed by atoms with Gasteiger partial charge in [0, 0.05) is 6.54 Å². The van der Waals surface area contributed by atoms with Crippen molar-refractivity contribution in [1.29, 1.82) is 0 Å². The van der Waals surface area contributed by atoms with Crippen LogP contribution in [0.4, 0.5) is 10.1 Å². The SMILES string of the molecule is CCCN1CCOc2c1cc(Cl)c(F)c2C(=O)O. The second-order valence-corrected chi connectivity index (χ2v) is 4.44. The molecule has 0 aliphatic carbocycles. The molecule has 0 saturated heterocycles. The van der Waals surface area contributed by atoms with E-state index < -0.39 is 17.3 Å². The Hall–Kier alpha value is -1.49. The van der Waals surface area contributed by atoms with Crippen molar-refractivity contribution in [2.45, 2.75) is 13.3 Å². The van der Waals surface area contributed by atoms with E-state index >= 15 is 0 Å². The highest BCUT2D eigenvalue weighted by atomic mass is 35.5. The van der Waals surface area contributed by atoms with Gasteiger partial charge in [-0.25, -0.2) is 9.18 Å². The van der Waals surface area contributed by atoms with Crippen molar-refractivity contribution in [3.8, 4) is 5.75 Å². The molecule has 18 heavy (non-hydrogen) atoms. The van der Waals surface area contributed by atoms with Gasteiger partial charge in [-0.1, -0.05) is 18.5 Å². The summed E-state index contributed by atoms with van der Waals surface area (Å²) in [7, 11) is 0. The van der Waals surface area contributed by atoms with Gasteiger partial charge in [0.25, 0.3) is 0 Å². The molecule has 0 bridgehead atoms. The van der Waals surface area contributed by atoms with E-state index in [0.717, 1.165) is 13.0 Å². The Bertz CT molecular complexity index is 493. The highest BCUT2D eigenvalue weighted by Crippen LogP contribution is 2.40.